The van der Waals surface area contributed by atoms with Crippen molar-refractivity contribution in [2.75, 3.05) is 0 Å². The molecule has 0 atom stereocenters. The fraction of sp³-hybridized carbons (Fsp3) is 0. The summed E-state index contributed by atoms with van der Waals surface area (Å²) in [5.74, 6) is 0. The quantitative estimate of drug-likeness (QED) is 0.553. The molecule has 0 fully saturated rings. The third-order valence-electron chi connectivity index (χ3n) is 0.0775. The van der Waals surface area contributed by atoms with E-state index in [-0.39, 0.29) is 0 Å². The van der Waals surface area contributed by atoms with E-state index in [1.54, 1.807) is 0 Å². The van der Waals surface area contributed by atoms with Gasteiger partial charge in [0.2, 0.25) is 0 Å². The summed E-state index contributed by atoms with van der Waals surface area (Å²) in [5, 5.41) is 0. The van der Waals surface area contributed by atoms with E-state index >= 15 is 0 Å². The van der Waals surface area contributed by atoms with Crippen molar-refractivity contribution in [3.8, 4) is 0 Å². The van der Waals surface area contributed by atoms with Crippen molar-refractivity contribution in [2.24, 2.45) is 0 Å². The van der Waals surface area contributed by atoms with Crippen LogP contribution in [0.1, 0.15) is 0 Å². The Hall–Kier alpha value is 1.18. The predicted molar refractivity (Wildman–Crippen MR) is 36.1 cm³/mol. The summed E-state index contributed by atoms with van der Waals surface area (Å²) in [5.41, 5.74) is 0. The molecule has 0 aliphatic heterocycles. The molecule has 0 nitrogen and oxygen atoms in total. The lowest BCUT2D eigenvalue weighted by Gasteiger charge is -1.66. The van der Waals surface area contributed by atoms with Crippen molar-refractivity contribution in [3.63, 3.8) is 0 Å². The van der Waals surface area contributed by atoms with Crippen LogP contribution in [0.3, 0.4) is 0 Å². The highest BCUT2D eigenvalue weighted by atomic mass is 127. The minimum absolute atomic E-state index is 0.409. The second-order valence-electron chi connectivity index (χ2n) is 0.410. The molecule has 0 unspecified atom stereocenters. The van der Waals surface area contributed by atoms with Crippen molar-refractivity contribution in [3.05, 3.63) is 6.92 Å². The van der Waals surface area contributed by atoms with Crippen LogP contribution in [0.25, 0.3) is 0 Å². The molecule has 0 saturated carbocycles. The Balaban J connectivity index is 3.14. The van der Waals surface area contributed by atoms with Crippen molar-refractivity contribution in [1.82, 2.24) is 0 Å². The monoisotopic (exact) mass is 223 g/mol. The molecule has 0 saturated heterocycles. The third kappa shape index (κ3) is 5.18. The molecule has 5 heavy (non-hydrogen) atoms. The Kier molecular flexibility index (Phi) is 4.17. The second-order valence-corrected chi connectivity index (χ2v) is 4.17. The second kappa shape index (κ2) is 3.37. The van der Waals surface area contributed by atoms with Gasteiger partial charge in [-0.2, -0.15) is 0 Å². The summed E-state index contributed by atoms with van der Waals surface area (Å²) in [6.07, 6.45) is 0. The van der Waals surface area contributed by atoms with Crippen molar-refractivity contribution in [2.45, 2.75) is 0 Å². The molecule has 0 rings (SSSR count). The summed E-state index contributed by atoms with van der Waals surface area (Å²) < 4.78 is 0.602. The summed E-state index contributed by atoms with van der Waals surface area (Å²) in [4.78, 5) is 0. The smallest absolute Gasteiger partial charge is 0.0622 e. The predicted octanol–water partition coefficient (Wildman–Crippen LogP) is 2.31. The molecule has 0 spiro atoms. The van der Waals surface area contributed by atoms with Crippen LogP contribution < -0.4 is 0 Å². The number of halogens is 3. The van der Waals surface area contributed by atoms with Gasteiger partial charge >= 0.3 is 0 Å². The zero-order chi connectivity index (χ0) is 4.28. The van der Waals surface area contributed by atoms with Gasteiger partial charge in [-0.1, -0.05) is 11.6 Å². The van der Waals surface area contributed by atoms with Crippen LogP contribution in [0.4, 0.5) is 0 Å². The van der Waals surface area contributed by atoms with Gasteiger partial charge in [0.05, 0.1) is 2.97 Å². The largest absolute Gasteiger partial charge is 0.0816 e. The van der Waals surface area contributed by atoms with Gasteiger partial charge in [0.25, 0.3) is 0 Å². The van der Waals surface area contributed by atoms with Gasteiger partial charge < -0.3 is 0 Å². The van der Waals surface area contributed by atoms with Gasteiger partial charge in [-0.3, -0.25) is 0 Å². The molecule has 3 heteroatoms. The molecule has 0 N–H and O–H groups in total. The Labute approximate surface area is 49.9 Å². The molecule has 0 aromatic heterocycles. The lowest BCUT2D eigenvalue weighted by atomic mass is 11.0. The molecule has 0 aromatic carbocycles. The normalized spacial score (nSPS) is 13.8. The highest BCUT2D eigenvalue weighted by Gasteiger charge is 1.68. The Bertz CT molecular complexity index is 45.6. The van der Waals surface area contributed by atoms with Crippen LogP contribution in [-0.4, -0.2) is 2.97 Å². The summed E-state index contributed by atoms with van der Waals surface area (Å²) in [6.45, 7) is 3.36. The lowest BCUT2D eigenvalue weighted by Crippen LogP contribution is -1.57. The minimum Gasteiger partial charge on any atom is -0.0816 e. The molecular formula is C2H2Cl2I. The van der Waals surface area contributed by atoms with Crippen molar-refractivity contribution >= 4 is 43.1 Å². The topological polar surface area (TPSA) is 0 Å². The average molecular weight is 224 g/mol. The standard InChI is InChI=1S/C2H2Cl2I/c1-2(3)5-4/h1H2. The lowest BCUT2D eigenvalue weighted by molar-refractivity contribution is 2.72. The maximum Gasteiger partial charge on any atom is 0.0622 e. The summed E-state index contributed by atoms with van der Waals surface area (Å²) in [6, 6.07) is 0. The number of rotatable bonds is 0. The zero-order valence-electron chi connectivity index (χ0n) is 2.34. The number of hydrogen-bond donors (Lipinski definition) is 0. The molecule has 0 aliphatic carbocycles. The first kappa shape index (κ1) is 6.18. The van der Waals surface area contributed by atoms with E-state index < -0.39 is 19.6 Å². The van der Waals surface area contributed by atoms with E-state index in [4.69, 9.17) is 20.5 Å². The van der Waals surface area contributed by atoms with Crippen molar-refractivity contribution < 1.29 is 0 Å². The molecule has 0 amide bonds. The van der Waals surface area contributed by atoms with E-state index in [2.05, 4.69) is 6.92 Å². The Morgan fingerprint density at radius 3 is 2.00 bits per heavy atom. The highest BCUT2D eigenvalue weighted by Crippen LogP contribution is 2.07. The zero-order valence-corrected chi connectivity index (χ0v) is 6.01. The van der Waals surface area contributed by atoms with Gasteiger partial charge in [-0.25, -0.2) is 0 Å². The Morgan fingerprint density at radius 1 is 1.80 bits per heavy atom. The fourth-order valence-electron chi connectivity index (χ4n) is 0. The first-order valence-electron chi connectivity index (χ1n) is 0.874. The minimum atomic E-state index is -0.409. The van der Waals surface area contributed by atoms with Gasteiger partial charge in [0.15, 0.2) is 0 Å². The van der Waals surface area contributed by atoms with Crippen LogP contribution in [0.2, 0.25) is 0 Å². The van der Waals surface area contributed by atoms with Crippen LogP contribution in [0.15, 0.2) is 0 Å². The maximum absolute atomic E-state index is 5.21. The molecule has 0 bridgehead atoms. The van der Waals surface area contributed by atoms with Crippen LogP contribution in [-0.2, 0) is 0 Å². The SMILES string of the molecule is [CH2]/C(Cl)=I/Cl. The first-order chi connectivity index (χ1) is 2.27. The Morgan fingerprint density at radius 2 is 2.00 bits per heavy atom. The first-order valence-corrected chi connectivity index (χ1v) is 5.06. The summed E-state index contributed by atoms with van der Waals surface area (Å²) in [7, 11) is 5.21. The molecule has 0 heterocycles. The van der Waals surface area contributed by atoms with Crippen LogP contribution in [0.5, 0.6) is 0 Å². The van der Waals surface area contributed by atoms with Crippen molar-refractivity contribution in [1.29, 1.82) is 0 Å². The van der Waals surface area contributed by atoms with E-state index in [1.807, 2.05) is 0 Å². The molecule has 0 aliphatic rings. The van der Waals surface area contributed by atoms with E-state index in [1.165, 1.54) is 0 Å². The molecule has 0 aromatic rings. The van der Waals surface area contributed by atoms with Gasteiger partial charge in [0.1, 0.15) is 0 Å². The third-order valence-corrected chi connectivity index (χ3v) is 2.65. The van der Waals surface area contributed by atoms with Gasteiger partial charge in [0, 0.05) is 19.6 Å². The van der Waals surface area contributed by atoms with Crippen LogP contribution in [0, 0.1) is 6.92 Å². The maximum atomic E-state index is 5.21. The van der Waals surface area contributed by atoms with E-state index in [0.29, 0.717) is 2.97 Å². The van der Waals surface area contributed by atoms with E-state index in [0.717, 1.165) is 0 Å². The summed E-state index contributed by atoms with van der Waals surface area (Å²) >= 11 is 4.78. The molecule has 31 valence electrons. The molecule has 1 radical (unpaired) electrons. The molecular weight excluding hydrogens is 222 g/mol. The van der Waals surface area contributed by atoms with Gasteiger partial charge in [-0.15, -0.1) is 0 Å². The van der Waals surface area contributed by atoms with Crippen LogP contribution >= 0.6 is 40.1 Å². The van der Waals surface area contributed by atoms with Gasteiger partial charge in [-0.05, 0) is 15.8 Å². The number of hydrogen-bond acceptors (Lipinski definition) is 0. The average Bonchev–Trinajstić information content (AvgIpc) is 1.38. The fourth-order valence-corrected chi connectivity index (χ4v) is 0. The highest BCUT2D eigenvalue weighted by molar-refractivity contribution is 14.2. The van der Waals surface area contributed by atoms with E-state index in [9.17, 15) is 0 Å².